The maximum Gasteiger partial charge on any atom is 0.230 e. The lowest BCUT2D eigenvalue weighted by molar-refractivity contribution is -0.115. The molecule has 7 heteroatoms. The molecule has 0 fully saturated rings. The minimum Gasteiger partial charge on any atom is -0.326 e. The van der Waals surface area contributed by atoms with Gasteiger partial charge in [0.15, 0.2) is 0 Å². The van der Waals surface area contributed by atoms with Crippen LogP contribution in [0.5, 0.6) is 0 Å². The highest BCUT2D eigenvalue weighted by atomic mass is 32.1. The molecule has 0 radical (unpaired) electrons. The highest BCUT2D eigenvalue weighted by Gasteiger charge is 2.24. The normalized spacial score (nSPS) is 11.6. The number of hydrogen-bond acceptors (Lipinski definition) is 4. The van der Waals surface area contributed by atoms with E-state index in [-0.39, 0.29) is 17.9 Å². The van der Waals surface area contributed by atoms with Gasteiger partial charge in [-0.15, -0.1) is 11.3 Å². The summed E-state index contributed by atoms with van der Waals surface area (Å²) in [6.45, 7) is 8.51. The highest BCUT2D eigenvalue weighted by molar-refractivity contribution is 7.13. The molecule has 1 N–H and O–H groups in total. The van der Waals surface area contributed by atoms with E-state index >= 15 is 0 Å². The Morgan fingerprint density at radius 2 is 1.69 bits per heavy atom. The van der Waals surface area contributed by atoms with Crippen molar-refractivity contribution in [3.63, 3.8) is 0 Å². The van der Waals surface area contributed by atoms with Crippen LogP contribution < -0.4 is 5.32 Å². The number of carbonyl (C=O) groups excluding carboxylic acids is 1. The summed E-state index contributed by atoms with van der Waals surface area (Å²) in [5.74, 6) is -0.0929. The van der Waals surface area contributed by atoms with Crippen LogP contribution in [0.3, 0.4) is 0 Å². The molecule has 0 atom stereocenters. The molecule has 2 aromatic carbocycles. The van der Waals surface area contributed by atoms with Crippen molar-refractivity contribution < 1.29 is 4.79 Å². The average molecular weight is 496 g/mol. The molecule has 182 valence electrons. The highest BCUT2D eigenvalue weighted by Crippen LogP contribution is 2.36. The second kappa shape index (κ2) is 9.59. The van der Waals surface area contributed by atoms with Gasteiger partial charge in [-0.05, 0) is 64.1 Å². The molecule has 5 aromatic rings. The van der Waals surface area contributed by atoms with Gasteiger partial charge in [-0.2, -0.15) is 5.10 Å². The van der Waals surface area contributed by atoms with Crippen LogP contribution >= 0.6 is 11.3 Å². The number of rotatable bonds is 6. The molecule has 0 saturated heterocycles. The van der Waals surface area contributed by atoms with Gasteiger partial charge in [0.2, 0.25) is 5.91 Å². The first kappa shape index (κ1) is 23.8. The summed E-state index contributed by atoms with van der Waals surface area (Å²) in [5, 5.41) is 10.5. The maximum atomic E-state index is 12.7. The van der Waals surface area contributed by atoms with Crippen molar-refractivity contribution in [2.45, 2.75) is 39.7 Å². The van der Waals surface area contributed by atoms with Gasteiger partial charge in [0.1, 0.15) is 5.01 Å². The number of aromatic nitrogens is 4. The molecule has 3 aromatic heterocycles. The van der Waals surface area contributed by atoms with Gasteiger partial charge >= 0.3 is 0 Å². The minimum absolute atomic E-state index is 0.0929. The zero-order valence-corrected chi connectivity index (χ0v) is 21.7. The number of carbonyl (C=O) groups is 1. The Morgan fingerprint density at radius 3 is 2.36 bits per heavy atom. The lowest BCUT2D eigenvalue weighted by Gasteiger charge is -2.23. The number of amides is 1. The Kier molecular flexibility index (Phi) is 6.33. The van der Waals surface area contributed by atoms with Crippen LogP contribution in [0, 0.1) is 6.92 Å². The molecule has 0 aliphatic rings. The molecule has 0 saturated carbocycles. The zero-order chi connectivity index (χ0) is 25.3. The molecule has 0 bridgehead atoms. The maximum absolute atomic E-state index is 12.7. The third kappa shape index (κ3) is 5.02. The van der Waals surface area contributed by atoms with E-state index in [1.54, 1.807) is 11.3 Å². The fraction of sp³-hybridized carbons (Fsp3) is 0.207. The van der Waals surface area contributed by atoms with Crippen LogP contribution in [0.15, 0.2) is 84.6 Å². The number of hydrogen-bond donors (Lipinski definition) is 1. The summed E-state index contributed by atoms with van der Waals surface area (Å²) in [7, 11) is 0. The fourth-order valence-electron chi connectivity index (χ4n) is 4.11. The average Bonchev–Trinajstić information content (AvgIpc) is 3.60. The second-order valence-electron chi connectivity index (χ2n) is 9.86. The van der Waals surface area contributed by atoms with E-state index in [0.717, 1.165) is 38.9 Å². The van der Waals surface area contributed by atoms with E-state index in [1.807, 2.05) is 64.9 Å². The van der Waals surface area contributed by atoms with Crippen molar-refractivity contribution in [2.75, 3.05) is 5.32 Å². The fourth-order valence-corrected chi connectivity index (χ4v) is 4.94. The monoisotopic (exact) mass is 495 g/mol. The van der Waals surface area contributed by atoms with Crippen molar-refractivity contribution in [2.24, 2.45) is 0 Å². The van der Waals surface area contributed by atoms with Gasteiger partial charge in [-0.3, -0.25) is 9.48 Å². The summed E-state index contributed by atoms with van der Waals surface area (Å²) < 4.78 is 4.08. The smallest absolute Gasteiger partial charge is 0.230 e. The summed E-state index contributed by atoms with van der Waals surface area (Å²) in [6.07, 6.45) is 6.07. The van der Waals surface area contributed by atoms with Crippen LogP contribution in [0.1, 0.15) is 32.0 Å². The standard InChI is InChI=1S/C29H29N5OS/c1-20-7-9-21(10-8-20)27-25(18-30-34(27)29(2,3)4)28-32-23(19-36-28)17-26(35)31-22-11-13-24(14-12-22)33-15-5-6-16-33/h5-16,18-19H,17H2,1-4H3,(H,31,35). The summed E-state index contributed by atoms with van der Waals surface area (Å²) in [6, 6.07) is 20.2. The van der Waals surface area contributed by atoms with Crippen molar-refractivity contribution in [3.05, 3.63) is 95.9 Å². The largest absolute Gasteiger partial charge is 0.326 e. The SMILES string of the molecule is Cc1ccc(-c2c(-c3nc(CC(=O)Nc4ccc(-n5cccc5)cc4)cs3)cnn2C(C)(C)C)cc1. The number of thiazole rings is 1. The van der Waals surface area contributed by atoms with Crippen LogP contribution in [-0.4, -0.2) is 25.2 Å². The Labute approximate surface area is 215 Å². The van der Waals surface area contributed by atoms with Gasteiger partial charge in [0, 0.05) is 34.7 Å². The summed E-state index contributed by atoms with van der Waals surface area (Å²) in [4.78, 5) is 17.5. The Balaban J connectivity index is 1.34. The lowest BCUT2D eigenvalue weighted by Crippen LogP contribution is -2.24. The number of benzene rings is 2. The van der Waals surface area contributed by atoms with Crippen LogP contribution in [0.25, 0.3) is 27.5 Å². The van der Waals surface area contributed by atoms with E-state index < -0.39 is 0 Å². The molecular weight excluding hydrogens is 466 g/mol. The van der Waals surface area contributed by atoms with E-state index in [4.69, 9.17) is 10.1 Å². The minimum atomic E-state index is -0.185. The number of nitrogens with one attached hydrogen (secondary N) is 1. The molecule has 36 heavy (non-hydrogen) atoms. The molecular formula is C29H29N5OS. The first-order valence-corrected chi connectivity index (χ1v) is 12.8. The molecule has 0 aliphatic heterocycles. The van der Waals surface area contributed by atoms with Crippen molar-refractivity contribution in [3.8, 4) is 27.5 Å². The number of anilines is 1. The lowest BCUT2D eigenvalue weighted by atomic mass is 10.0. The Morgan fingerprint density at radius 1 is 1.00 bits per heavy atom. The second-order valence-corrected chi connectivity index (χ2v) is 10.7. The quantitative estimate of drug-likeness (QED) is 0.285. The summed E-state index contributed by atoms with van der Waals surface area (Å²) in [5.41, 5.74) is 6.69. The number of nitrogens with zero attached hydrogens (tertiary/aromatic N) is 4. The van der Waals surface area contributed by atoms with Gasteiger partial charge in [-0.1, -0.05) is 29.8 Å². The molecule has 3 heterocycles. The van der Waals surface area contributed by atoms with E-state index in [2.05, 4.69) is 62.0 Å². The number of aryl methyl sites for hydroxylation is 1. The van der Waals surface area contributed by atoms with Crippen LogP contribution in [0.2, 0.25) is 0 Å². The van der Waals surface area contributed by atoms with Gasteiger partial charge in [0.25, 0.3) is 0 Å². The topological polar surface area (TPSA) is 64.7 Å². The van der Waals surface area contributed by atoms with E-state index in [1.165, 1.54) is 5.56 Å². The zero-order valence-electron chi connectivity index (χ0n) is 20.9. The summed E-state index contributed by atoms with van der Waals surface area (Å²) >= 11 is 1.54. The molecule has 6 nitrogen and oxygen atoms in total. The molecule has 0 unspecified atom stereocenters. The third-order valence-corrected chi connectivity index (χ3v) is 6.83. The van der Waals surface area contributed by atoms with Crippen molar-refractivity contribution in [1.82, 2.24) is 19.3 Å². The van der Waals surface area contributed by atoms with Crippen LogP contribution in [0.4, 0.5) is 5.69 Å². The third-order valence-electron chi connectivity index (χ3n) is 5.91. The van der Waals surface area contributed by atoms with Gasteiger partial charge in [-0.25, -0.2) is 4.98 Å². The predicted octanol–water partition coefficient (Wildman–Crippen LogP) is 6.71. The Hall–Kier alpha value is -3.97. The molecule has 0 spiro atoms. The Bertz CT molecular complexity index is 1470. The van der Waals surface area contributed by atoms with E-state index in [9.17, 15) is 4.79 Å². The van der Waals surface area contributed by atoms with E-state index in [0.29, 0.717) is 0 Å². The molecule has 0 aliphatic carbocycles. The van der Waals surface area contributed by atoms with Gasteiger partial charge < -0.3 is 9.88 Å². The van der Waals surface area contributed by atoms with Crippen LogP contribution in [-0.2, 0) is 16.8 Å². The first-order valence-electron chi connectivity index (χ1n) is 11.9. The van der Waals surface area contributed by atoms with Crippen molar-refractivity contribution in [1.29, 1.82) is 0 Å². The van der Waals surface area contributed by atoms with Crippen molar-refractivity contribution >= 4 is 22.9 Å². The first-order chi connectivity index (χ1) is 17.3. The van der Waals surface area contributed by atoms with Gasteiger partial charge in [0.05, 0.1) is 35.1 Å². The molecule has 5 rings (SSSR count). The predicted molar refractivity (Wildman–Crippen MR) is 147 cm³/mol. The molecule has 1 amide bonds.